The summed E-state index contributed by atoms with van der Waals surface area (Å²) in [5, 5.41) is 0. The Morgan fingerprint density at radius 2 is 1.64 bits per heavy atom. The van der Waals surface area contributed by atoms with Gasteiger partial charge < -0.3 is 18.9 Å². The van der Waals surface area contributed by atoms with Crippen LogP contribution in [0, 0.1) is 0 Å². The predicted molar refractivity (Wildman–Crippen MR) is 84.2 cm³/mol. The van der Waals surface area contributed by atoms with E-state index in [4.69, 9.17) is 18.9 Å². The molecule has 0 spiro atoms. The molecule has 116 valence electrons. The van der Waals surface area contributed by atoms with Crippen LogP contribution in [-0.2, 0) is 6.42 Å². The number of fused-ring (bicyclic) bond motifs is 1. The fourth-order valence-corrected chi connectivity index (χ4v) is 2.85. The molecule has 1 aliphatic heterocycles. The van der Waals surface area contributed by atoms with E-state index in [1.807, 2.05) is 30.3 Å². The van der Waals surface area contributed by atoms with E-state index in [0.29, 0.717) is 17.2 Å². The second-order valence-corrected chi connectivity index (χ2v) is 5.21. The molecule has 0 bridgehead atoms. The molecule has 1 unspecified atom stereocenters. The van der Waals surface area contributed by atoms with Gasteiger partial charge in [0.15, 0.2) is 11.5 Å². The maximum atomic E-state index is 6.14. The highest BCUT2D eigenvalue weighted by molar-refractivity contribution is 5.54. The molecular weight excluding hydrogens is 280 g/mol. The van der Waals surface area contributed by atoms with Crippen molar-refractivity contribution in [3.05, 3.63) is 47.5 Å². The van der Waals surface area contributed by atoms with Gasteiger partial charge in [0, 0.05) is 0 Å². The quantitative estimate of drug-likeness (QED) is 0.861. The summed E-state index contributed by atoms with van der Waals surface area (Å²) in [6.45, 7) is 0. The van der Waals surface area contributed by atoms with Crippen LogP contribution in [-0.4, -0.2) is 21.3 Å². The van der Waals surface area contributed by atoms with Gasteiger partial charge in [-0.3, -0.25) is 0 Å². The third-order valence-corrected chi connectivity index (χ3v) is 3.98. The summed E-state index contributed by atoms with van der Waals surface area (Å²) in [6, 6.07) is 12.1. The maximum Gasteiger partial charge on any atom is 0.203 e. The fraction of sp³-hybridized carbons (Fsp3) is 0.333. The second-order valence-electron chi connectivity index (χ2n) is 5.21. The van der Waals surface area contributed by atoms with Crippen molar-refractivity contribution in [2.75, 3.05) is 21.3 Å². The summed E-state index contributed by atoms with van der Waals surface area (Å²) in [5.41, 5.74) is 2.29. The summed E-state index contributed by atoms with van der Waals surface area (Å²) >= 11 is 0. The average molecular weight is 300 g/mol. The van der Waals surface area contributed by atoms with Crippen LogP contribution in [0.2, 0.25) is 0 Å². The zero-order chi connectivity index (χ0) is 15.5. The first-order valence-corrected chi connectivity index (χ1v) is 7.31. The van der Waals surface area contributed by atoms with E-state index < -0.39 is 0 Å². The Balaban J connectivity index is 1.96. The van der Waals surface area contributed by atoms with Crippen LogP contribution in [0.1, 0.15) is 23.7 Å². The lowest BCUT2D eigenvalue weighted by molar-refractivity contribution is 0.175. The monoisotopic (exact) mass is 300 g/mol. The first kappa shape index (κ1) is 14.6. The van der Waals surface area contributed by atoms with Gasteiger partial charge in [-0.15, -0.1) is 0 Å². The van der Waals surface area contributed by atoms with Gasteiger partial charge in [0.1, 0.15) is 11.9 Å². The molecule has 0 saturated carbocycles. The largest absolute Gasteiger partial charge is 0.493 e. The molecule has 2 aromatic rings. The van der Waals surface area contributed by atoms with Crippen LogP contribution in [0.5, 0.6) is 23.0 Å². The van der Waals surface area contributed by atoms with Crippen molar-refractivity contribution in [2.45, 2.75) is 18.9 Å². The number of rotatable bonds is 4. The number of methoxy groups -OCH3 is 3. The molecule has 3 rings (SSSR count). The summed E-state index contributed by atoms with van der Waals surface area (Å²) in [6.07, 6.45) is 1.91. The van der Waals surface area contributed by atoms with Gasteiger partial charge >= 0.3 is 0 Å². The van der Waals surface area contributed by atoms with Crippen LogP contribution in [0.3, 0.4) is 0 Å². The van der Waals surface area contributed by atoms with Crippen LogP contribution in [0.25, 0.3) is 0 Å². The molecule has 4 nitrogen and oxygen atoms in total. The van der Waals surface area contributed by atoms with E-state index >= 15 is 0 Å². The first-order chi connectivity index (χ1) is 10.8. The lowest BCUT2D eigenvalue weighted by Crippen LogP contribution is -2.15. The van der Waals surface area contributed by atoms with Crippen LogP contribution >= 0.6 is 0 Å². The second kappa shape index (κ2) is 6.18. The smallest absolute Gasteiger partial charge is 0.203 e. The summed E-state index contributed by atoms with van der Waals surface area (Å²) < 4.78 is 22.3. The number of para-hydroxylation sites is 1. The SMILES string of the molecule is COc1cc(C2CCc3ccccc3O2)cc(OC)c1OC. The van der Waals surface area contributed by atoms with Crippen molar-refractivity contribution in [3.8, 4) is 23.0 Å². The van der Waals surface area contributed by atoms with E-state index in [-0.39, 0.29) is 6.10 Å². The van der Waals surface area contributed by atoms with E-state index in [0.717, 1.165) is 24.2 Å². The van der Waals surface area contributed by atoms with Crippen molar-refractivity contribution >= 4 is 0 Å². The highest BCUT2D eigenvalue weighted by atomic mass is 16.5. The molecule has 22 heavy (non-hydrogen) atoms. The molecule has 1 aliphatic rings. The summed E-state index contributed by atoms with van der Waals surface area (Å²) in [5.74, 6) is 2.86. The third kappa shape index (κ3) is 2.56. The van der Waals surface area contributed by atoms with Gasteiger partial charge in [0.25, 0.3) is 0 Å². The van der Waals surface area contributed by atoms with Crippen LogP contribution in [0.15, 0.2) is 36.4 Å². The Kier molecular flexibility index (Phi) is 4.09. The molecule has 0 amide bonds. The van der Waals surface area contributed by atoms with E-state index in [1.54, 1.807) is 21.3 Å². The minimum atomic E-state index is -0.0105. The molecule has 0 aliphatic carbocycles. The van der Waals surface area contributed by atoms with Gasteiger partial charge in [0.2, 0.25) is 5.75 Å². The van der Waals surface area contributed by atoms with Gasteiger partial charge in [-0.2, -0.15) is 0 Å². The molecule has 0 radical (unpaired) electrons. The van der Waals surface area contributed by atoms with Gasteiger partial charge in [-0.25, -0.2) is 0 Å². The zero-order valence-corrected chi connectivity index (χ0v) is 13.1. The topological polar surface area (TPSA) is 36.9 Å². The summed E-state index contributed by atoms with van der Waals surface area (Å²) in [4.78, 5) is 0. The Bertz CT molecular complexity index is 641. The zero-order valence-electron chi connectivity index (χ0n) is 13.1. The van der Waals surface area contributed by atoms with E-state index in [1.165, 1.54) is 5.56 Å². The number of ether oxygens (including phenoxy) is 4. The predicted octanol–water partition coefficient (Wildman–Crippen LogP) is 3.78. The number of benzene rings is 2. The highest BCUT2D eigenvalue weighted by Crippen LogP contribution is 2.42. The fourth-order valence-electron chi connectivity index (χ4n) is 2.85. The average Bonchev–Trinajstić information content (AvgIpc) is 2.59. The normalized spacial score (nSPS) is 16.4. The minimum absolute atomic E-state index is 0.0105. The van der Waals surface area contributed by atoms with Crippen molar-refractivity contribution in [1.29, 1.82) is 0 Å². The van der Waals surface area contributed by atoms with Crippen LogP contribution < -0.4 is 18.9 Å². The molecule has 1 atom stereocenters. The molecule has 0 saturated heterocycles. The Morgan fingerprint density at radius 3 is 2.27 bits per heavy atom. The molecule has 0 aromatic heterocycles. The lowest BCUT2D eigenvalue weighted by atomic mass is 9.97. The highest BCUT2D eigenvalue weighted by Gasteiger charge is 2.24. The summed E-state index contributed by atoms with van der Waals surface area (Å²) in [7, 11) is 4.85. The van der Waals surface area contributed by atoms with Crippen molar-refractivity contribution in [3.63, 3.8) is 0 Å². The van der Waals surface area contributed by atoms with Crippen molar-refractivity contribution in [2.24, 2.45) is 0 Å². The number of hydrogen-bond acceptors (Lipinski definition) is 4. The van der Waals surface area contributed by atoms with E-state index in [9.17, 15) is 0 Å². The van der Waals surface area contributed by atoms with E-state index in [2.05, 4.69) is 6.07 Å². The number of hydrogen-bond donors (Lipinski definition) is 0. The van der Waals surface area contributed by atoms with Gasteiger partial charge in [0.05, 0.1) is 21.3 Å². The molecule has 1 heterocycles. The molecule has 0 fully saturated rings. The van der Waals surface area contributed by atoms with Crippen molar-refractivity contribution in [1.82, 2.24) is 0 Å². The van der Waals surface area contributed by atoms with Gasteiger partial charge in [-0.05, 0) is 42.2 Å². The Morgan fingerprint density at radius 1 is 0.955 bits per heavy atom. The molecule has 0 N–H and O–H groups in total. The minimum Gasteiger partial charge on any atom is -0.493 e. The Labute approximate surface area is 130 Å². The maximum absolute atomic E-state index is 6.14. The lowest BCUT2D eigenvalue weighted by Gasteiger charge is -2.27. The molecule has 4 heteroatoms. The third-order valence-electron chi connectivity index (χ3n) is 3.98. The number of aryl methyl sites for hydroxylation is 1. The Hall–Kier alpha value is -2.36. The molecule has 2 aromatic carbocycles. The standard InChI is InChI=1S/C18H20O4/c1-19-16-10-13(11-17(20-2)18(16)21-3)15-9-8-12-6-4-5-7-14(12)22-15/h4-7,10-11,15H,8-9H2,1-3H3. The van der Waals surface area contributed by atoms with Gasteiger partial charge in [-0.1, -0.05) is 18.2 Å². The van der Waals surface area contributed by atoms with Crippen molar-refractivity contribution < 1.29 is 18.9 Å². The molecular formula is C18H20O4. The first-order valence-electron chi connectivity index (χ1n) is 7.31. The van der Waals surface area contributed by atoms with Crippen LogP contribution in [0.4, 0.5) is 0 Å².